The minimum Gasteiger partial charge on any atom is -0.493 e. The van der Waals surface area contributed by atoms with E-state index in [4.69, 9.17) is 9.84 Å². The zero-order valence-electron chi connectivity index (χ0n) is 18.8. The molecule has 32 heavy (non-hydrogen) atoms. The van der Waals surface area contributed by atoms with Crippen molar-refractivity contribution in [1.29, 1.82) is 0 Å². The van der Waals surface area contributed by atoms with Crippen LogP contribution in [0.5, 0.6) is 5.75 Å². The van der Waals surface area contributed by atoms with E-state index in [2.05, 4.69) is 0 Å². The van der Waals surface area contributed by atoms with Crippen LogP contribution in [0, 0.1) is 0 Å². The lowest BCUT2D eigenvalue weighted by Crippen LogP contribution is -2.34. The van der Waals surface area contributed by atoms with Crippen molar-refractivity contribution >= 4 is 11.5 Å². The molecule has 1 aromatic rings. The number of halogens is 5. The van der Waals surface area contributed by atoms with Gasteiger partial charge in [-0.1, -0.05) is 45.4 Å². The number of aliphatic carboxylic acids is 1. The Bertz CT molecular complexity index is 894. The van der Waals surface area contributed by atoms with Gasteiger partial charge in [-0.3, -0.25) is 0 Å². The van der Waals surface area contributed by atoms with E-state index in [1.165, 1.54) is 18.2 Å². The molecule has 0 spiro atoms. The predicted molar refractivity (Wildman–Crippen MR) is 115 cm³/mol. The standard InChI is InChI=1S/C24H29F5O3/c1-6-7-11-32-22-19(15(2)3)13-18(23(25,26)24(27,28)29)14-20(22)17(5)10-8-9-16(4)12-21(30)31/h8-10,12-15H,6-7,11H2,1-5H3,(H,30,31). The summed E-state index contributed by atoms with van der Waals surface area (Å²) in [6.07, 6.45) is 1.28. The maximum atomic E-state index is 14.2. The highest BCUT2D eigenvalue weighted by Gasteiger charge is 2.59. The van der Waals surface area contributed by atoms with Gasteiger partial charge in [0.25, 0.3) is 0 Å². The predicted octanol–water partition coefficient (Wildman–Crippen LogP) is 7.63. The van der Waals surface area contributed by atoms with E-state index in [-0.39, 0.29) is 22.8 Å². The summed E-state index contributed by atoms with van der Waals surface area (Å²) in [5.74, 6) is -6.23. The van der Waals surface area contributed by atoms with E-state index < -0.39 is 23.6 Å². The molecule has 8 heteroatoms. The van der Waals surface area contributed by atoms with Crippen LogP contribution in [-0.4, -0.2) is 23.9 Å². The summed E-state index contributed by atoms with van der Waals surface area (Å²) < 4.78 is 73.5. The number of benzene rings is 1. The van der Waals surface area contributed by atoms with E-state index in [9.17, 15) is 26.7 Å². The number of hydrogen-bond donors (Lipinski definition) is 1. The first-order chi connectivity index (χ1) is 14.7. The van der Waals surface area contributed by atoms with Gasteiger partial charge in [0, 0.05) is 17.2 Å². The van der Waals surface area contributed by atoms with Gasteiger partial charge in [-0.05, 0) is 55.0 Å². The third-order valence-electron chi connectivity index (χ3n) is 4.68. The Kier molecular flexibility index (Phi) is 9.67. The normalized spacial score (nSPS) is 13.8. The van der Waals surface area contributed by atoms with Crippen LogP contribution in [0.2, 0.25) is 0 Å². The van der Waals surface area contributed by atoms with Crippen LogP contribution in [0.15, 0.2) is 42.0 Å². The molecule has 0 fully saturated rings. The summed E-state index contributed by atoms with van der Waals surface area (Å²) in [4.78, 5) is 10.7. The molecule has 1 aromatic carbocycles. The van der Waals surface area contributed by atoms with Crippen molar-refractivity contribution in [2.24, 2.45) is 0 Å². The van der Waals surface area contributed by atoms with Gasteiger partial charge in [0.1, 0.15) is 5.75 Å². The number of rotatable bonds is 10. The van der Waals surface area contributed by atoms with Gasteiger partial charge in [-0.15, -0.1) is 0 Å². The smallest absolute Gasteiger partial charge is 0.458 e. The van der Waals surface area contributed by atoms with Crippen LogP contribution in [0.4, 0.5) is 22.0 Å². The molecular formula is C24H29F5O3. The average molecular weight is 460 g/mol. The molecule has 0 aliphatic heterocycles. The lowest BCUT2D eigenvalue weighted by molar-refractivity contribution is -0.289. The van der Waals surface area contributed by atoms with E-state index >= 15 is 0 Å². The lowest BCUT2D eigenvalue weighted by atomic mass is 9.91. The average Bonchev–Trinajstić information content (AvgIpc) is 2.66. The largest absolute Gasteiger partial charge is 0.493 e. The summed E-state index contributed by atoms with van der Waals surface area (Å²) in [5, 5.41) is 8.76. The molecular weight excluding hydrogens is 431 g/mol. The van der Waals surface area contributed by atoms with Crippen molar-refractivity contribution in [2.45, 2.75) is 65.5 Å². The van der Waals surface area contributed by atoms with Crippen molar-refractivity contribution in [3.63, 3.8) is 0 Å². The summed E-state index contributed by atoms with van der Waals surface area (Å²) >= 11 is 0. The molecule has 0 saturated carbocycles. The van der Waals surface area contributed by atoms with Crippen molar-refractivity contribution in [3.05, 3.63) is 58.7 Å². The number of ether oxygens (including phenoxy) is 1. The Labute approximate surface area is 185 Å². The van der Waals surface area contributed by atoms with Crippen molar-refractivity contribution in [1.82, 2.24) is 0 Å². The molecule has 0 radical (unpaired) electrons. The molecule has 0 heterocycles. The van der Waals surface area contributed by atoms with Crippen molar-refractivity contribution in [3.8, 4) is 5.75 Å². The molecule has 178 valence electrons. The molecule has 0 unspecified atom stereocenters. The minimum absolute atomic E-state index is 0.135. The Morgan fingerprint density at radius 1 is 1.16 bits per heavy atom. The number of carbonyl (C=O) groups is 1. The zero-order chi connectivity index (χ0) is 24.7. The van der Waals surface area contributed by atoms with Crippen LogP contribution < -0.4 is 4.74 Å². The fourth-order valence-corrected chi connectivity index (χ4v) is 2.87. The second kappa shape index (κ2) is 11.3. The number of hydrogen-bond acceptors (Lipinski definition) is 2. The van der Waals surface area contributed by atoms with Gasteiger partial charge in [0.2, 0.25) is 0 Å². The van der Waals surface area contributed by atoms with E-state index in [1.54, 1.807) is 27.7 Å². The van der Waals surface area contributed by atoms with Crippen molar-refractivity contribution in [2.75, 3.05) is 6.61 Å². The monoisotopic (exact) mass is 460 g/mol. The molecule has 0 amide bonds. The summed E-state index contributed by atoms with van der Waals surface area (Å²) in [7, 11) is 0. The van der Waals surface area contributed by atoms with Crippen LogP contribution in [-0.2, 0) is 10.7 Å². The molecule has 0 atom stereocenters. The first-order valence-electron chi connectivity index (χ1n) is 10.2. The topological polar surface area (TPSA) is 46.5 Å². The molecule has 0 aromatic heterocycles. The summed E-state index contributed by atoms with van der Waals surface area (Å²) in [6, 6.07) is 1.69. The quantitative estimate of drug-likeness (QED) is 0.169. The third-order valence-corrected chi connectivity index (χ3v) is 4.68. The SMILES string of the molecule is CCCCOc1c(C(C)=CC=CC(C)=CC(=O)O)cc(C(F)(F)C(F)(F)F)cc1C(C)C. The highest BCUT2D eigenvalue weighted by molar-refractivity contribution is 5.81. The minimum atomic E-state index is -5.74. The van der Waals surface area contributed by atoms with E-state index in [1.807, 2.05) is 6.92 Å². The Hall–Kier alpha value is -2.64. The van der Waals surface area contributed by atoms with E-state index in [0.717, 1.165) is 24.6 Å². The second-order valence-electron chi connectivity index (χ2n) is 7.81. The summed E-state index contributed by atoms with van der Waals surface area (Å²) in [6.45, 7) is 8.77. The number of carboxylic acids is 1. The van der Waals surface area contributed by atoms with Crippen LogP contribution in [0.3, 0.4) is 0 Å². The van der Waals surface area contributed by atoms with Crippen molar-refractivity contribution < 1.29 is 36.6 Å². The van der Waals surface area contributed by atoms with E-state index in [0.29, 0.717) is 24.2 Å². The van der Waals surface area contributed by atoms with Gasteiger partial charge in [-0.2, -0.15) is 22.0 Å². The maximum Gasteiger partial charge on any atom is 0.458 e. The molecule has 3 nitrogen and oxygen atoms in total. The van der Waals surface area contributed by atoms with Crippen LogP contribution in [0.25, 0.3) is 5.57 Å². The first kappa shape index (κ1) is 27.4. The molecule has 0 saturated heterocycles. The van der Waals surface area contributed by atoms with Gasteiger partial charge in [-0.25, -0.2) is 4.79 Å². The highest BCUT2D eigenvalue weighted by Crippen LogP contribution is 2.47. The molecule has 1 rings (SSSR count). The number of carboxylic acid groups (broad SMARTS) is 1. The Balaban J connectivity index is 3.67. The second-order valence-corrected chi connectivity index (χ2v) is 7.81. The van der Waals surface area contributed by atoms with Gasteiger partial charge in [0.05, 0.1) is 6.61 Å². The number of alkyl halides is 5. The van der Waals surface area contributed by atoms with Gasteiger partial charge < -0.3 is 9.84 Å². The highest BCUT2D eigenvalue weighted by atomic mass is 19.4. The van der Waals surface area contributed by atoms with Gasteiger partial charge >= 0.3 is 18.1 Å². The zero-order valence-corrected chi connectivity index (χ0v) is 18.8. The Morgan fingerprint density at radius 3 is 2.28 bits per heavy atom. The Morgan fingerprint density at radius 2 is 1.78 bits per heavy atom. The summed E-state index contributed by atoms with van der Waals surface area (Å²) in [5.41, 5.74) is 0.0796. The fourth-order valence-electron chi connectivity index (χ4n) is 2.87. The lowest BCUT2D eigenvalue weighted by Gasteiger charge is -2.25. The van der Waals surface area contributed by atoms with Crippen LogP contribution in [0.1, 0.15) is 70.1 Å². The third kappa shape index (κ3) is 7.21. The first-order valence-corrected chi connectivity index (χ1v) is 10.2. The number of unbranched alkanes of at least 4 members (excludes halogenated alkanes) is 1. The van der Waals surface area contributed by atoms with Gasteiger partial charge in [0.15, 0.2) is 0 Å². The number of allylic oxidation sites excluding steroid dienone is 5. The molecule has 0 aliphatic rings. The fraction of sp³-hybridized carbons (Fsp3) is 0.458. The molecule has 1 N–H and O–H groups in total. The molecule has 0 aliphatic carbocycles. The molecule has 0 bridgehead atoms. The maximum absolute atomic E-state index is 14.2. The van der Waals surface area contributed by atoms with Crippen LogP contribution >= 0.6 is 0 Å².